The zero-order chi connectivity index (χ0) is 16.6. The second kappa shape index (κ2) is 6.01. The van der Waals surface area contributed by atoms with Gasteiger partial charge >= 0.3 is 0 Å². The number of carbonyl (C=O) groups excluding carboxylic acids is 1. The predicted octanol–water partition coefficient (Wildman–Crippen LogP) is 3.90. The number of halogens is 1. The minimum Gasteiger partial charge on any atom is -0.309 e. The standard InChI is InChI=1S/C17H17ClN4O/c1-10-9-11(2)22(21-10)12(3)17(23)20-15-8-7-13-5-4-6-14(18)16(13)19-15/h4-9,12H,1-3H3,(H,19,20,23). The van der Waals surface area contributed by atoms with Crippen LogP contribution in [-0.4, -0.2) is 20.7 Å². The van der Waals surface area contributed by atoms with Gasteiger partial charge in [-0.15, -0.1) is 0 Å². The van der Waals surface area contributed by atoms with Crippen LogP contribution in [0.4, 0.5) is 5.82 Å². The van der Waals surface area contributed by atoms with Crippen LogP contribution in [0.2, 0.25) is 5.02 Å². The number of carbonyl (C=O) groups is 1. The number of nitrogens with zero attached hydrogens (tertiary/aromatic N) is 3. The fourth-order valence-corrected chi connectivity index (χ4v) is 2.78. The molecule has 0 radical (unpaired) electrons. The maximum Gasteiger partial charge on any atom is 0.250 e. The van der Waals surface area contributed by atoms with E-state index in [-0.39, 0.29) is 5.91 Å². The minimum absolute atomic E-state index is 0.171. The van der Waals surface area contributed by atoms with Crippen molar-refractivity contribution in [1.29, 1.82) is 0 Å². The third-order valence-corrected chi connectivity index (χ3v) is 4.02. The van der Waals surface area contributed by atoms with E-state index in [1.807, 2.05) is 45.0 Å². The van der Waals surface area contributed by atoms with Crippen LogP contribution in [0.1, 0.15) is 24.4 Å². The molecule has 3 aromatic rings. The molecular weight excluding hydrogens is 312 g/mol. The van der Waals surface area contributed by atoms with Crippen molar-refractivity contribution in [2.24, 2.45) is 0 Å². The molecule has 0 saturated heterocycles. The van der Waals surface area contributed by atoms with Crippen LogP contribution in [0, 0.1) is 13.8 Å². The molecule has 2 heterocycles. The third kappa shape index (κ3) is 3.05. The molecule has 118 valence electrons. The molecule has 0 aliphatic rings. The van der Waals surface area contributed by atoms with Gasteiger partial charge in [-0.25, -0.2) is 4.98 Å². The van der Waals surface area contributed by atoms with Gasteiger partial charge in [0.1, 0.15) is 11.9 Å². The van der Waals surface area contributed by atoms with Crippen molar-refractivity contribution in [3.63, 3.8) is 0 Å². The zero-order valence-corrected chi connectivity index (χ0v) is 13.9. The van der Waals surface area contributed by atoms with Gasteiger partial charge in [0.2, 0.25) is 5.91 Å². The van der Waals surface area contributed by atoms with Gasteiger partial charge in [-0.1, -0.05) is 23.7 Å². The second-order valence-corrected chi connectivity index (χ2v) is 5.95. The fraction of sp³-hybridized carbons (Fsp3) is 0.235. The SMILES string of the molecule is Cc1cc(C)n(C(C)C(=O)Nc2ccc3cccc(Cl)c3n2)n1. The Balaban J connectivity index is 1.85. The largest absolute Gasteiger partial charge is 0.309 e. The average molecular weight is 329 g/mol. The summed E-state index contributed by atoms with van der Waals surface area (Å²) in [7, 11) is 0. The highest BCUT2D eigenvalue weighted by Gasteiger charge is 2.18. The molecule has 0 fully saturated rings. The van der Waals surface area contributed by atoms with Gasteiger partial charge in [0, 0.05) is 11.1 Å². The number of anilines is 1. The number of pyridine rings is 1. The van der Waals surface area contributed by atoms with E-state index < -0.39 is 6.04 Å². The van der Waals surface area contributed by atoms with Crippen LogP contribution < -0.4 is 5.32 Å². The summed E-state index contributed by atoms with van der Waals surface area (Å²) in [6, 6.07) is 10.8. The summed E-state index contributed by atoms with van der Waals surface area (Å²) in [6.45, 7) is 5.64. The molecule has 0 aliphatic carbocycles. The number of amides is 1. The molecule has 1 unspecified atom stereocenters. The molecule has 0 saturated carbocycles. The molecule has 6 heteroatoms. The highest BCUT2D eigenvalue weighted by Crippen LogP contribution is 2.23. The predicted molar refractivity (Wildman–Crippen MR) is 91.8 cm³/mol. The van der Waals surface area contributed by atoms with Crippen molar-refractivity contribution in [2.45, 2.75) is 26.8 Å². The van der Waals surface area contributed by atoms with Gasteiger partial charge in [0.15, 0.2) is 0 Å². The lowest BCUT2D eigenvalue weighted by atomic mass is 10.2. The van der Waals surface area contributed by atoms with Gasteiger partial charge in [-0.2, -0.15) is 5.10 Å². The van der Waals surface area contributed by atoms with Crippen molar-refractivity contribution < 1.29 is 4.79 Å². The fourth-order valence-electron chi connectivity index (χ4n) is 2.56. The molecule has 3 rings (SSSR count). The van der Waals surface area contributed by atoms with Crippen LogP contribution in [0.25, 0.3) is 10.9 Å². The normalized spacial score (nSPS) is 12.3. The monoisotopic (exact) mass is 328 g/mol. The topological polar surface area (TPSA) is 59.8 Å². The molecule has 1 amide bonds. The van der Waals surface area contributed by atoms with E-state index in [0.29, 0.717) is 16.4 Å². The lowest BCUT2D eigenvalue weighted by Crippen LogP contribution is -2.25. The Morgan fingerprint density at radius 1 is 1.26 bits per heavy atom. The van der Waals surface area contributed by atoms with Gasteiger partial charge in [0.25, 0.3) is 0 Å². The maximum atomic E-state index is 12.5. The minimum atomic E-state index is -0.424. The van der Waals surface area contributed by atoms with E-state index in [0.717, 1.165) is 16.8 Å². The van der Waals surface area contributed by atoms with Crippen LogP contribution in [0.15, 0.2) is 36.4 Å². The molecule has 0 aliphatic heterocycles. The number of rotatable bonds is 3. The molecule has 5 nitrogen and oxygen atoms in total. The Morgan fingerprint density at radius 2 is 2.04 bits per heavy atom. The number of aromatic nitrogens is 3. The number of para-hydroxylation sites is 1. The number of aryl methyl sites for hydroxylation is 2. The molecule has 1 atom stereocenters. The van der Waals surface area contributed by atoms with Crippen molar-refractivity contribution in [2.75, 3.05) is 5.32 Å². The molecule has 0 bridgehead atoms. The summed E-state index contributed by atoms with van der Waals surface area (Å²) in [6.07, 6.45) is 0. The lowest BCUT2D eigenvalue weighted by Gasteiger charge is -2.14. The molecule has 1 N–H and O–H groups in total. The molecule has 1 aromatic carbocycles. The van der Waals surface area contributed by atoms with E-state index in [9.17, 15) is 4.79 Å². The first-order valence-corrected chi connectivity index (χ1v) is 7.72. The molecular formula is C17H17ClN4O. The summed E-state index contributed by atoms with van der Waals surface area (Å²) < 4.78 is 1.71. The van der Waals surface area contributed by atoms with Gasteiger partial charge < -0.3 is 5.32 Å². The van der Waals surface area contributed by atoms with E-state index in [1.54, 1.807) is 16.8 Å². The first-order chi connectivity index (χ1) is 11.0. The van der Waals surface area contributed by atoms with Crippen LogP contribution in [0.5, 0.6) is 0 Å². The Hall–Kier alpha value is -2.40. The van der Waals surface area contributed by atoms with Gasteiger partial charge in [-0.3, -0.25) is 9.48 Å². The van der Waals surface area contributed by atoms with Crippen LogP contribution >= 0.6 is 11.6 Å². The number of benzene rings is 1. The third-order valence-electron chi connectivity index (χ3n) is 3.71. The van der Waals surface area contributed by atoms with Gasteiger partial charge in [-0.05, 0) is 45.0 Å². The number of hydrogen-bond acceptors (Lipinski definition) is 3. The van der Waals surface area contributed by atoms with E-state index >= 15 is 0 Å². The average Bonchev–Trinajstić information content (AvgIpc) is 2.86. The van der Waals surface area contributed by atoms with E-state index in [2.05, 4.69) is 15.4 Å². The number of hydrogen-bond donors (Lipinski definition) is 1. The Kier molecular flexibility index (Phi) is 4.05. The van der Waals surface area contributed by atoms with Crippen molar-refractivity contribution in [3.8, 4) is 0 Å². The van der Waals surface area contributed by atoms with E-state index in [4.69, 9.17) is 11.6 Å². The van der Waals surface area contributed by atoms with Crippen molar-refractivity contribution in [1.82, 2.24) is 14.8 Å². The molecule has 0 spiro atoms. The Labute approximate surface area is 139 Å². The summed E-state index contributed by atoms with van der Waals surface area (Å²) >= 11 is 6.16. The zero-order valence-electron chi connectivity index (χ0n) is 13.2. The number of fused-ring (bicyclic) bond motifs is 1. The Bertz CT molecular complexity index is 887. The first-order valence-electron chi connectivity index (χ1n) is 7.34. The number of nitrogens with one attached hydrogen (secondary N) is 1. The second-order valence-electron chi connectivity index (χ2n) is 5.54. The van der Waals surface area contributed by atoms with Crippen LogP contribution in [-0.2, 0) is 4.79 Å². The summed E-state index contributed by atoms with van der Waals surface area (Å²) in [5, 5.41) is 8.67. The van der Waals surface area contributed by atoms with Crippen molar-refractivity contribution >= 4 is 34.2 Å². The maximum absolute atomic E-state index is 12.5. The quantitative estimate of drug-likeness (QED) is 0.793. The first kappa shape index (κ1) is 15.5. The summed E-state index contributed by atoms with van der Waals surface area (Å²) in [4.78, 5) is 16.9. The molecule has 2 aromatic heterocycles. The lowest BCUT2D eigenvalue weighted by molar-refractivity contribution is -0.119. The summed E-state index contributed by atoms with van der Waals surface area (Å²) in [5.74, 6) is 0.305. The Morgan fingerprint density at radius 3 is 2.74 bits per heavy atom. The smallest absolute Gasteiger partial charge is 0.250 e. The molecule has 23 heavy (non-hydrogen) atoms. The highest BCUT2D eigenvalue weighted by molar-refractivity contribution is 6.35. The van der Waals surface area contributed by atoms with Crippen LogP contribution in [0.3, 0.4) is 0 Å². The van der Waals surface area contributed by atoms with Crippen molar-refractivity contribution in [3.05, 3.63) is 52.8 Å². The van der Waals surface area contributed by atoms with E-state index in [1.165, 1.54) is 0 Å². The van der Waals surface area contributed by atoms with Gasteiger partial charge in [0.05, 0.1) is 16.2 Å². The summed E-state index contributed by atoms with van der Waals surface area (Å²) in [5.41, 5.74) is 2.50. The highest BCUT2D eigenvalue weighted by atomic mass is 35.5.